The molecule has 2 aliphatic rings. The summed E-state index contributed by atoms with van der Waals surface area (Å²) in [5.41, 5.74) is -0.781. The molecule has 0 radical (unpaired) electrons. The molecule has 5 heteroatoms. The summed E-state index contributed by atoms with van der Waals surface area (Å²) in [5.74, 6) is -0.278. The molecular weight excluding hydrogens is 222 g/mol. The lowest BCUT2D eigenvalue weighted by Crippen LogP contribution is -2.48. The molecule has 2 rings (SSSR count). The van der Waals surface area contributed by atoms with E-state index >= 15 is 0 Å². The Morgan fingerprint density at radius 2 is 2.41 bits per heavy atom. The van der Waals surface area contributed by atoms with Crippen LogP contribution in [0.1, 0.15) is 25.7 Å². The average molecular weight is 243 g/mol. The first-order chi connectivity index (χ1) is 8.16. The minimum Gasteiger partial charge on any atom is -0.480 e. The van der Waals surface area contributed by atoms with Crippen molar-refractivity contribution in [3.63, 3.8) is 0 Å². The molecule has 98 valence electrons. The second-order valence-electron chi connectivity index (χ2n) is 5.07. The second kappa shape index (κ2) is 5.33. The molecule has 3 atom stereocenters. The molecule has 3 unspecified atom stereocenters. The van der Waals surface area contributed by atoms with Crippen LogP contribution in [-0.4, -0.2) is 49.6 Å². The van der Waals surface area contributed by atoms with Crippen molar-refractivity contribution < 1.29 is 19.4 Å². The fraction of sp³-hybridized carbons (Fsp3) is 0.917. The van der Waals surface area contributed by atoms with Crippen molar-refractivity contribution >= 4 is 5.97 Å². The van der Waals surface area contributed by atoms with Crippen LogP contribution >= 0.6 is 0 Å². The largest absolute Gasteiger partial charge is 0.480 e. The highest BCUT2D eigenvalue weighted by Gasteiger charge is 2.44. The molecule has 1 aliphatic carbocycles. The first-order valence-electron chi connectivity index (χ1n) is 6.28. The highest BCUT2D eigenvalue weighted by atomic mass is 16.5. The molecular formula is C12H21NO4. The first kappa shape index (κ1) is 12.8. The molecule has 0 aromatic heterocycles. The van der Waals surface area contributed by atoms with Gasteiger partial charge in [-0.3, -0.25) is 4.79 Å². The van der Waals surface area contributed by atoms with Gasteiger partial charge in [-0.2, -0.15) is 0 Å². The number of carbonyl (C=O) groups is 1. The SMILES string of the molecule is CNC1(C(=O)O)CCC(OCC2CCOC2)C1. The summed E-state index contributed by atoms with van der Waals surface area (Å²) in [7, 11) is 1.71. The highest BCUT2D eigenvalue weighted by Crippen LogP contribution is 2.32. The van der Waals surface area contributed by atoms with Gasteiger partial charge in [0.1, 0.15) is 5.54 Å². The molecule has 0 spiro atoms. The van der Waals surface area contributed by atoms with E-state index in [0.717, 1.165) is 26.1 Å². The number of hydrogen-bond donors (Lipinski definition) is 2. The number of ether oxygens (including phenoxy) is 2. The Morgan fingerprint density at radius 3 is 2.94 bits per heavy atom. The van der Waals surface area contributed by atoms with E-state index in [4.69, 9.17) is 9.47 Å². The van der Waals surface area contributed by atoms with Gasteiger partial charge >= 0.3 is 5.97 Å². The maximum Gasteiger partial charge on any atom is 0.323 e. The van der Waals surface area contributed by atoms with Gasteiger partial charge in [-0.05, 0) is 26.3 Å². The third-order valence-corrected chi connectivity index (χ3v) is 3.95. The van der Waals surface area contributed by atoms with Crippen molar-refractivity contribution in [2.24, 2.45) is 5.92 Å². The summed E-state index contributed by atoms with van der Waals surface area (Å²) < 4.78 is 11.1. The zero-order valence-corrected chi connectivity index (χ0v) is 10.3. The van der Waals surface area contributed by atoms with Crippen molar-refractivity contribution in [2.75, 3.05) is 26.9 Å². The lowest BCUT2D eigenvalue weighted by atomic mass is 9.98. The fourth-order valence-electron chi connectivity index (χ4n) is 2.66. The van der Waals surface area contributed by atoms with Gasteiger partial charge in [0.2, 0.25) is 0 Å². The second-order valence-corrected chi connectivity index (χ2v) is 5.07. The van der Waals surface area contributed by atoms with Gasteiger partial charge < -0.3 is 19.9 Å². The van der Waals surface area contributed by atoms with Gasteiger partial charge in [0, 0.05) is 18.9 Å². The smallest absolute Gasteiger partial charge is 0.323 e. The van der Waals surface area contributed by atoms with E-state index in [2.05, 4.69) is 5.32 Å². The summed E-state index contributed by atoms with van der Waals surface area (Å²) in [6.45, 7) is 2.31. The van der Waals surface area contributed by atoms with Crippen LogP contribution in [0.3, 0.4) is 0 Å². The Kier molecular flexibility index (Phi) is 4.01. The minimum absolute atomic E-state index is 0.0687. The Balaban J connectivity index is 1.78. The quantitative estimate of drug-likeness (QED) is 0.741. The molecule has 1 heterocycles. The van der Waals surface area contributed by atoms with Crippen LogP contribution in [0.5, 0.6) is 0 Å². The van der Waals surface area contributed by atoms with Gasteiger partial charge in [-0.15, -0.1) is 0 Å². The maximum absolute atomic E-state index is 11.2. The molecule has 17 heavy (non-hydrogen) atoms. The van der Waals surface area contributed by atoms with E-state index in [1.807, 2.05) is 0 Å². The van der Waals surface area contributed by atoms with Gasteiger partial charge in [0.05, 0.1) is 19.3 Å². The molecule has 2 N–H and O–H groups in total. The molecule has 1 saturated carbocycles. The number of hydrogen-bond acceptors (Lipinski definition) is 4. The summed E-state index contributed by atoms with van der Waals surface area (Å²) in [4.78, 5) is 11.2. The fourth-order valence-corrected chi connectivity index (χ4v) is 2.66. The van der Waals surface area contributed by atoms with Crippen LogP contribution < -0.4 is 5.32 Å². The lowest BCUT2D eigenvalue weighted by molar-refractivity contribution is -0.144. The zero-order chi connectivity index (χ0) is 12.3. The molecule has 0 amide bonds. The molecule has 2 fully saturated rings. The molecule has 1 saturated heterocycles. The number of likely N-dealkylation sites (N-methyl/N-ethyl adjacent to an activating group) is 1. The van der Waals surface area contributed by atoms with Crippen LogP contribution in [-0.2, 0) is 14.3 Å². The molecule has 1 aliphatic heterocycles. The minimum atomic E-state index is -0.781. The van der Waals surface area contributed by atoms with Crippen LogP contribution in [0.15, 0.2) is 0 Å². The van der Waals surface area contributed by atoms with Gasteiger partial charge in [0.25, 0.3) is 0 Å². The number of carboxylic acids is 1. The van der Waals surface area contributed by atoms with Crippen molar-refractivity contribution in [3.8, 4) is 0 Å². The van der Waals surface area contributed by atoms with E-state index in [9.17, 15) is 9.90 Å². The Labute approximate surface area is 101 Å². The third-order valence-electron chi connectivity index (χ3n) is 3.95. The molecule has 0 aromatic carbocycles. The average Bonchev–Trinajstić information content (AvgIpc) is 2.96. The predicted octanol–water partition coefficient (Wildman–Crippen LogP) is 0.635. The molecule has 0 aromatic rings. The topological polar surface area (TPSA) is 67.8 Å². The van der Waals surface area contributed by atoms with E-state index in [0.29, 0.717) is 25.4 Å². The first-order valence-corrected chi connectivity index (χ1v) is 6.28. The number of nitrogens with one attached hydrogen (secondary N) is 1. The zero-order valence-electron chi connectivity index (χ0n) is 10.3. The predicted molar refractivity (Wildman–Crippen MR) is 61.9 cm³/mol. The van der Waals surface area contributed by atoms with Gasteiger partial charge in [-0.25, -0.2) is 0 Å². The van der Waals surface area contributed by atoms with Crippen LogP contribution in [0.2, 0.25) is 0 Å². The highest BCUT2D eigenvalue weighted by molar-refractivity contribution is 5.79. The van der Waals surface area contributed by atoms with E-state index in [-0.39, 0.29) is 6.10 Å². The lowest BCUT2D eigenvalue weighted by Gasteiger charge is -2.23. The Morgan fingerprint density at radius 1 is 1.59 bits per heavy atom. The van der Waals surface area contributed by atoms with Crippen LogP contribution in [0, 0.1) is 5.92 Å². The monoisotopic (exact) mass is 243 g/mol. The van der Waals surface area contributed by atoms with E-state index < -0.39 is 11.5 Å². The van der Waals surface area contributed by atoms with Crippen LogP contribution in [0.25, 0.3) is 0 Å². The van der Waals surface area contributed by atoms with Crippen LogP contribution in [0.4, 0.5) is 0 Å². The third kappa shape index (κ3) is 2.78. The Bertz CT molecular complexity index is 278. The van der Waals surface area contributed by atoms with E-state index in [1.165, 1.54) is 0 Å². The van der Waals surface area contributed by atoms with Gasteiger partial charge in [0.15, 0.2) is 0 Å². The number of aliphatic carboxylic acids is 1. The normalized spacial score (nSPS) is 37.5. The maximum atomic E-state index is 11.2. The standard InChI is InChI=1S/C12H21NO4/c1-13-12(11(14)15)4-2-10(6-12)17-8-9-3-5-16-7-9/h9-10,13H,2-8H2,1H3,(H,14,15). The summed E-state index contributed by atoms with van der Waals surface area (Å²) >= 11 is 0. The Hall–Kier alpha value is -0.650. The van der Waals surface area contributed by atoms with Crippen molar-refractivity contribution in [1.82, 2.24) is 5.32 Å². The molecule has 5 nitrogen and oxygen atoms in total. The van der Waals surface area contributed by atoms with Crippen molar-refractivity contribution in [2.45, 2.75) is 37.3 Å². The van der Waals surface area contributed by atoms with E-state index in [1.54, 1.807) is 7.05 Å². The summed E-state index contributed by atoms with van der Waals surface area (Å²) in [5, 5.41) is 12.2. The van der Waals surface area contributed by atoms with Crippen molar-refractivity contribution in [3.05, 3.63) is 0 Å². The summed E-state index contributed by atoms with van der Waals surface area (Å²) in [6, 6.07) is 0. The molecule has 0 bridgehead atoms. The number of carboxylic acid groups (broad SMARTS) is 1. The van der Waals surface area contributed by atoms with Crippen molar-refractivity contribution in [1.29, 1.82) is 0 Å². The number of rotatable bonds is 5. The van der Waals surface area contributed by atoms with Gasteiger partial charge in [-0.1, -0.05) is 0 Å². The summed E-state index contributed by atoms with van der Waals surface area (Å²) in [6.07, 6.45) is 3.15.